The fourth-order valence-electron chi connectivity index (χ4n) is 3.13. The first-order valence-corrected chi connectivity index (χ1v) is 8.29. The average Bonchev–Trinajstić information content (AvgIpc) is 3.08. The summed E-state index contributed by atoms with van der Waals surface area (Å²) >= 11 is 1.08. The lowest BCUT2D eigenvalue weighted by molar-refractivity contribution is -0.137. The van der Waals surface area contributed by atoms with Crippen LogP contribution in [0.4, 0.5) is 0 Å². The summed E-state index contributed by atoms with van der Waals surface area (Å²) in [5, 5.41) is 3.08. The molecular weight excluding hydrogens is 342 g/mol. The van der Waals surface area contributed by atoms with Gasteiger partial charge in [-0.05, 0) is 25.5 Å². The molecule has 0 amide bonds. The Bertz CT molecular complexity index is 891. The van der Waals surface area contributed by atoms with Gasteiger partial charge in [-0.15, -0.1) is 0 Å². The Morgan fingerprint density at radius 3 is 2.20 bits per heavy atom. The molecule has 3 rings (SSSR count). The van der Waals surface area contributed by atoms with Gasteiger partial charge in [0.1, 0.15) is 11.0 Å². The zero-order valence-electron chi connectivity index (χ0n) is 14.2. The van der Waals surface area contributed by atoms with Gasteiger partial charge < -0.3 is 14.8 Å². The molecule has 0 radical (unpaired) electrons. The van der Waals surface area contributed by atoms with Crippen molar-refractivity contribution in [3.8, 4) is 0 Å². The molecule has 0 atom stereocenters. The molecule has 1 aromatic heterocycles. The van der Waals surface area contributed by atoms with Gasteiger partial charge in [0.2, 0.25) is 0 Å². The molecule has 130 valence electrons. The van der Waals surface area contributed by atoms with E-state index in [-0.39, 0.29) is 0 Å². The van der Waals surface area contributed by atoms with Crippen LogP contribution in [0.1, 0.15) is 25.3 Å². The summed E-state index contributed by atoms with van der Waals surface area (Å²) in [4.78, 5) is 24.9. The number of esters is 2. The standard InChI is InChI=1S/C17H17N3O4S/c1-8-12(16(21)23-3)14(13(9(2)18-8)17(22)24-4)10-6-5-7-11-15(10)20-25-19-11/h5-7,14,18H,1-4H3. The van der Waals surface area contributed by atoms with E-state index < -0.39 is 17.9 Å². The van der Waals surface area contributed by atoms with E-state index in [0.29, 0.717) is 39.1 Å². The first kappa shape index (κ1) is 17.1. The Balaban J connectivity index is 2.31. The van der Waals surface area contributed by atoms with Crippen LogP contribution in [0.3, 0.4) is 0 Å². The van der Waals surface area contributed by atoms with Crippen LogP contribution in [0.15, 0.2) is 40.7 Å². The van der Waals surface area contributed by atoms with Crippen LogP contribution in [0.25, 0.3) is 11.0 Å². The van der Waals surface area contributed by atoms with Crippen molar-refractivity contribution in [2.45, 2.75) is 19.8 Å². The molecule has 8 heteroatoms. The van der Waals surface area contributed by atoms with Crippen LogP contribution in [0, 0.1) is 0 Å². The number of ether oxygens (including phenoxy) is 2. The number of aromatic nitrogens is 2. The van der Waals surface area contributed by atoms with Crippen LogP contribution >= 0.6 is 11.7 Å². The highest BCUT2D eigenvalue weighted by molar-refractivity contribution is 7.00. The molecule has 0 saturated carbocycles. The molecule has 0 bridgehead atoms. The number of dihydropyridines is 1. The number of nitrogens with one attached hydrogen (secondary N) is 1. The van der Waals surface area contributed by atoms with E-state index >= 15 is 0 Å². The Morgan fingerprint density at radius 1 is 1.04 bits per heavy atom. The third-order valence-corrected chi connectivity index (χ3v) is 4.74. The summed E-state index contributed by atoms with van der Waals surface area (Å²) in [6.07, 6.45) is 0. The van der Waals surface area contributed by atoms with E-state index in [1.807, 2.05) is 18.2 Å². The second kappa shape index (κ2) is 6.64. The Hall–Kier alpha value is -2.74. The van der Waals surface area contributed by atoms with Gasteiger partial charge in [-0.25, -0.2) is 9.59 Å². The highest BCUT2D eigenvalue weighted by Crippen LogP contribution is 2.41. The number of benzene rings is 1. The van der Waals surface area contributed by atoms with E-state index in [2.05, 4.69) is 14.1 Å². The molecule has 0 unspecified atom stereocenters. The highest BCUT2D eigenvalue weighted by Gasteiger charge is 2.38. The first-order chi connectivity index (χ1) is 12.0. The zero-order valence-corrected chi connectivity index (χ0v) is 15.1. The van der Waals surface area contributed by atoms with Crippen molar-refractivity contribution in [3.63, 3.8) is 0 Å². The first-order valence-electron chi connectivity index (χ1n) is 7.56. The number of hydrogen-bond donors (Lipinski definition) is 1. The Labute approximate surface area is 148 Å². The third kappa shape index (κ3) is 2.78. The molecule has 0 aliphatic carbocycles. The normalized spacial score (nSPS) is 15.4. The molecule has 0 fully saturated rings. The predicted molar refractivity (Wildman–Crippen MR) is 92.7 cm³/mol. The maximum absolute atomic E-state index is 12.5. The van der Waals surface area contributed by atoms with E-state index in [9.17, 15) is 9.59 Å². The Morgan fingerprint density at radius 2 is 1.64 bits per heavy atom. The maximum Gasteiger partial charge on any atom is 0.336 e. The van der Waals surface area contributed by atoms with E-state index in [1.165, 1.54) is 14.2 Å². The number of nitrogens with zero attached hydrogens (tertiary/aromatic N) is 2. The second-order valence-corrected chi connectivity index (χ2v) is 6.13. The molecule has 0 saturated heterocycles. The Kier molecular flexibility index (Phi) is 4.54. The SMILES string of the molecule is COC(=O)C1=C(C)NC(C)=C(C(=O)OC)C1c1cccc2nsnc12. The predicted octanol–water partition coefficient (Wildman–Crippen LogP) is 2.27. The lowest BCUT2D eigenvalue weighted by Gasteiger charge is -2.30. The van der Waals surface area contributed by atoms with Crippen LogP contribution in [-0.2, 0) is 19.1 Å². The summed E-state index contributed by atoms with van der Waals surface area (Å²) in [5.74, 6) is -1.66. The van der Waals surface area contributed by atoms with Crippen molar-refractivity contribution < 1.29 is 19.1 Å². The van der Waals surface area contributed by atoms with Crippen LogP contribution in [0.5, 0.6) is 0 Å². The minimum absolute atomic E-state index is 0.356. The van der Waals surface area contributed by atoms with E-state index in [4.69, 9.17) is 9.47 Å². The van der Waals surface area contributed by atoms with Gasteiger partial charge in [0, 0.05) is 11.4 Å². The summed E-state index contributed by atoms with van der Waals surface area (Å²) in [6, 6.07) is 5.51. The monoisotopic (exact) mass is 359 g/mol. The van der Waals surface area contributed by atoms with Gasteiger partial charge in [0.25, 0.3) is 0 Å². The van der Waals surface area contributed by atoms with E-state index in [1.54, 1.807) is 13.8 Å². The number of rotatable bonds is 3. The fourth-order valence-corrected chi connectivity index (χ4v) is 3.68. The summed E-state index contributed by atoms with van der Waals surface area (Å²) < 4.78 is 18.5. The molecule has 7 nitrogen and oxygen atoms in total. The van der Waals surface area contributed by atoms with Gasteiger partial charge in [0.15, 0.2) is 0 Å². The largest absolute Gasteiger partial charge is 0.466 e. The van der Waals surface area contributed by atoms with Gasteiger partial charge >= 0.3 is 11.9 Å². The van der Waals surface area contributed by atoms with Gasteiger partial charge in [-0.3, -0.25) is 0 Å². The lowest BCUT2D eigenvalue weighted by Crippen LogP contribution is -2.32. The second-order valence-electron chi connectivity index (χ2n) is 5.60. The molecule has 2 aromatic rings. The summed E-state index contributed by atoms with van der Waals surface area (Å²) in [5.41, 5.74) is 4.05. The summed E-state index contributed by atoms with van der Waals surface area (Å²) in [6.45, 7) is 3.55. The number of carbonyl (C=O) groups is 2. The van der Waals surface area contributed by atoms with Crippen LogP contribution in [-0.4, -0.2) is 34.9 Å². The topological polar surface area (TPSA) is 90.4 Å². The van der Waals surface area contributed by atoms with Crippen molar-refractivity contribution in [3.05, 3.63) is 46.3 Å². The average molecular weight is 359 g/mol. The summed E-state index contributed by atoms with van der Waals surface area (Å²) in [7, 11) is 2.63. The zero-order chi connectivity index (χ0) is 18.1. The van der Waals surface area contributed by atoms with Crippen molar-refractivity contribution in [1.82, 2.24) is 14.1 Å². The highest BCUT2D eigenvalue weighted by atomic mass is 32.1. The lowest BCUT2D eigenvalue weighted by atomic mass is 9.80. The third-order valence-electron chi connectivity index (χ3n) is 4.20. The number of hydrogen-bond acceptors (Lipinski definition) is 8. The quantitative estimate of drug-likeness (QED) is 0.841. The van der Waals surface area contributed by atoms with Gasteiger partial charge in [-0.2, -0.15) is 8.75 Å². The number of carbonyl (C=O) groups excluding carboxylic acids is 2. The van der Waals surface area contributed by atoms with E-state index in [0.717, 1.165) is 11.7 Å². The van der Waals surface area contributed by atoms with Crippen molar-refractivity contribution in [2.75, 3.05) is 14.2 Å². The molecule has 1 aromatic carbocycles. The maximum atomic E-state index is 12.5. The smallest absolute Gasteiger partial charge is 0.336 e. The molecule has 1 aliphatic rings. The number of fused-ring (bicyclic) bond motifs is 1. The number of allylic oxidation sites excluding steroid dienone is 2. The molecule has 2 heterocycles. The van der Waals surface area contributed by atoms with Crippen molar-refractivity contribution >= 4 is 34.7 Å². The molecule has 1 N–H and O–H groups in total. The molecule has 0 spiro atoms. The number of methoxy groups -OCH3 is 2. The van der Waals surface area contributed by atoms with Gasteiger partial charge in [0.05, 0.1) is 43.0 Å². The fraction of sp³-hybridized carbons (Fsp3) is 0.294. The minimum Gasteiger partial charge on any atom is -0.466 e. The van der Waals surface area contributed by atoms with Crippen molar-refractivity contribution in [1.29, 1.82) is 0 Å². The van der Waals surface area contributed by atoms with Crippen LogP contribution < -0.4 is 5.32 Å². The van der Waals surface area contributed by atoms with Gasteiger partial charge in [-0.1, -0.05) is 12.1 Å². The molecule has 1 aliphatic heterocycles. The molecular formula is C17H17N3O4S. The minimum atomic E-state index is -0.645. The van der Waals surface area contributed by atoms with Crippen molar-refractivity contribution in [2.24, 2.45) is 0 Å². The van der Waals surface area contributed by atoms with Crippen LogP contribution in [0.2, 0.25) is 0 Å². The molecule has 25 heavy (non-hydrogen) atoms.